The average Bonchev–Trinajstić information content (AvgIpc) is 3.40. The summed E-state index contributed by atoms with van der Waals surface area (Å²) < 4.78 is 11.2. The average molecular weight is 317 g/mol. The van der Waals surface area contributed by atoms with Gasteiger partial charge in [-0.2, -0.15) is 0 Å². The Morgan fingerprint density at radius 1 is 0.810 bits per heavy atom. The molecule has 5 nitrogen and oxygen atoms in total. The standard InChI is InChI=1S/C15H24N2O3.ClH/c18-15(16-5-7-19-9-13(16)11-1-2-11)17-6-8-20-10-14(17)12-3-4-12;/h11-14H,1-10H2;1H/t13-,14-;/m1./s1. The van der Waals surface area contributed by atoms with Crippen molar-refractivity contribution in [2.45, 2.75) is 37.8 Å². The van der Waals surface area contributed by atoms with E-state index in [0.29, 0.717) is 37.1 Å². The fourth-order valence-electron chi connectivity index (χ4n) is 3.63. The van der Waals surface area contributed by atoms with Crippen molar-refractivity contribution in [1.29, 1.82) is 0 Å². The lowest BCUT2D eigenvalue weighted by atomic mass is 10.1. The molecule has 6 heteroatoms. The summed E-state index contributed by atoms with van der Waals surface area (Å²) >= 11 is 0. The molecule has 120 valence electrons. The Hall–Kier alpha value is -0.520. The van der Waals surface area contributed by atoms with E-state index in [0.717, 1.165) is 26.3 Å². The molecular formula is C15H25ClN2O3. The predicted octanol–water partition coefficient (Wildman–Crippen LogP) is 1.75. The van der Waals surface area contributed by atoms with E-state index < -0.39 is 0 Å². The number of carbonyl (C=O) groups is 1. The van der Waals surface area contributed by atoms with Gasteiger partial charge in [-0.1, -0.05) is 0 Å². The Kier molecular flexibility index (Phi) is 4.62. The van der Waals surface area contributed by atoms with Gasteiger partial charge >= 0.3 is 6.03 Å². The summed E-state index contributed by atoms with van der Waals surface area (Å²) in [6, 6.07) is 0.878. The molecule has 0 aromatic heterocycles. The van der Waals surface area contributed by atoms with Gasteiger partial charge in [0.25, 0.3) is 0 Å². The minimum absolute atomic E-state index is 0. The van der Waals surface area contributed by atoms with Crippen LogP contribution >= 0.6 is 12.4 Å². The summed E-state index contributed by atoms with van der Waals surface area (Å²) in [7, 11) is 0. The van der Waals surface area contributed by atoms with Gasteiger partial charge in [-0.25, -0.2) is 4.79 Å². The zero-order chi connectivity index (χ0) is 13.5. The Labute approximate surface area is 132 Å². The molecule has 0 unspecified atom stereocenters. The van der Waals surface area contributed by atoms with Gasteiger partial charge in [0.15, 0.2) is 0 Å². The first-order valence-electron chi connectivity index (χ1n) is 8.07. The van der Waals surface area contributed by atoms with Crippen LogP contribution in [0.15, 0.2) is 0 Å². The Bertz CT molecular complexity index is 353. The smallest absolute Gasteiger partial charge is 0.320 e. The van der Waals surface area contributed by atoms with Crippen molar-refractivity contribution in [3.8, 4) is 0 Å². The van der Waals surface area contributed by atoms with E-state index in [9.17, 15) is 4.79 Å². The van der Waals surface area contributed by atoms with Crippen molar-refractivity contribution < 1.29 is 14.3 Å². The number of morpholine rings is 2. The second-order valence-electron chi connectivity index (χ2n) is 6.63. The Balaban J connectivity index is 0.00000132. The van der Waals surface area contributed by atoms with Crippen molar-refractivity contribution in [3.63, 3.8) is 0 Å². The largest absolute Gasteiger partial charge is 0.377 e. The van der Waals surface area contributed by atoms with Gasteiger partial charge in [0.05, 0.1) is 38.5 Å². The lowest BCUT2D eigenvalue weighted by Gasteiger charge is -2.43. The first kappa shape index (κ1) is 15.4. The monoisotopic (exact) mass is 316 g/mol. The maximum Gasteiger partial charge on any atom is 0.320 e. The van der Waals surface area contributed by atoms with Gasteiger partial charge in [0, 0.05) is 13.1 Å². The van der Waals surface area contributed by atoms with Gasteiger partial charge in [-0.15, -0.1) is 12.4 Å². The first-order chi connectivity index (χ1) is 9.84. The molecule has 0 radical (unpaired) electrons. The lowest BCUT2D eigenvalue weighted by Crippen LogP contribution is -2.59. The maximum atomic E-state index is 13.0. The third-order valence-corrected chi connectivity index (χ3v) is 5.15. The molecule has 0 aromatic rings. The van der Waals surface area contributed by atoms with Crippen LogP contribution in [0.3, 0.4) is 0 Å². The fourth-order valence-corrected chi connectivity index (χ4v) is 3.63. The molecular weight excluding hydrogens is 292 g/mol. The Morgan fingerprint density at radius 2 is 1.24 bits per heavy atom. The summed E-state index contributed by atoms with van der Waals surface area (Å²) in [6.45, 7) is 4.36. The zero-order valence-corrected chi connectivity index (χ0v) is 13.2. The van der Waals surface area contributed by atoms with Gasteiger partial charge in [-0.05, 0) is 37.5 Å². The minimum atomic E-state index is 0. The molecule has 2 saturated heterocycles. The number of urea groups is 1. The van der Waals surface area contributed by atoms with Crippen molar-refractivity contribution >= 4 is 18.4 Å². The zero-order valence-electron chi connectivity index (χ0n) is 12.4. The molecule has 4 fully saturated rings. The second kappa shape index (κ2) is 6.31. The highest BCUT2D eigenvalue weighted by Crippen LogP contribution is 2.39. The van der Waals surface area contributed by atoms with Gasteiger partial charge in [-0.3, -0.25) is 0 Å². The molecule has 0 aromatic carbocycles. The molecule has 2 heterocycles. The van der Waals surface area contributed by atoms with E-state index in [1.807, 2.05) is 0 Å². The summed E-state index contributed by atoms with van der Waals surface area (Å²) in [5, 5.41) is 0. The van der Waals surface area contributed by atoms with Crippen molar-refractivity contribution in [3.05, 3.63) is 0 Å². The fraction of sp³-hybridized carbons (Fsp3) is 0.933. The number of hydrogen-bond donors (Lipinski definition) is 0. The molecule has 2 aliphatic heterocycles. The predicted molar refractivity (Wildman–Crippen MR) is 80.7 cm³/mol. The van der Waals surface area contributed by atoms with Crippen LogP contribution in [0, 0.1) is 11.8 Å². The normalized spacial score (nSPS) is 33.5. The number of halogens is 1. The van der Waals surface area contributed by atoms with Crippen LogP contribution in [0.25, 0.3) is 0 Å². The van der Waals surface area contributed by atoms with Crippen molar-refractivity contribution in [1.82, 2.24) is 9.80 Å². The molecule has 0 N–H and O–H groups in total. The van der Waals surface area contributed by atoms with Crippen LogP contribution in [-0.2, 0) is 9.47 Å². The van der Waals surface area contributed by atoms with E-state index >= 15 is 0 Å². The van der Waals surface area contributed by atoms with Gasteiger partial charge in [0.2, 0.25) is 0 Å². The summed E-state index contributed by atoms with van der Waals surface area (Å²) in [6.07, 6.45) is 5.03. The molecule has 2 atom stereocenters. The van der Waals surface area contributed by atoms with E-state index in [-0.39, 0.29) is 18.4 Å². The van der Waals surface area contributed by atoms with Crippen molar-refractivity contribution in [2.24, 2.45) is 11.8 Å². The summed E-state index contributed by atoms with van der Waals surface area (Å²) in [5.74, 6) is 1.36. The third kappa shape index (κ3) is 3.15. The number of amides is 2. The molecule has 4 rings (SSSR count). The van der Waals surface area contributed by atoms with E-state index in [4.69, 9.17) is 9.47 Å². The Morgan fingerprint density at radius 3 is 1.62 bits per heavy atom. The molecule has 0 bridgehead atoms. The number of nitrogens with zero attached hydrogens (tertiary/aromatic N) is 2. The minimum Gasteiger partial charge on any atom is -0.377 e. The van der Waals surface area contributed by atoms with Crippen LogP contribution in [0.2, 0.25) is 0 Å². The highest BCUT2D eigenvalue weighted by atomic mass is 35.5. The molecule has 2 saturated carbocycles. The van der Waals surface area contributed by atoms with Gasteiger partial charge < -0.3 is 19.3 Å². The number of carbonyl (C=O) groups excluding carboxylic acids is 1. The van der Waals surface area contributed by atoms with Crippen LogP contribution in [0.4, 0.5) is 4.79 Å². The highest BCUT2D eigenvalue weighted by molar-refractivity contribution is 5.85. The van der Waals surface area contributed by atoms with Crippen molar-refractivity contribution in [2.75, 3.05) is 39.5 Å². The quantitative estimate of drug-likeness (QED) is 0.779. The molecule has 0 spiro atoms. The van der Waals surface area contributed by atoms with Gasteiger partial charge in [0.1, 0.15) is 0 Å². The number of rotatable bonds is 2. The molecule has 2 amide bonds. The molecule has 21 heavy (non-hydrogen) atoms. The lowest BCUT2D eigenvalue weighted by molar-refractivity contribution is -0.0327. The maximum absolute atomic E-state index is 13.0. The van der Waals surface area contributed by atoms with E-state index in [1.165, 1.54) is 25.7 Å². The van der Waals surface area contributed by atoms with E-state index in [1.54, 1.807) is 0 Å². The topological polar surface area (TPSA) is 42.0 Å². The highest BCUT2D eigenvalue weighted by Gasteiger charge is 2.44. The number of ether oxygens (including phenoxy) is 2. The van der Waals surface area contributed by atoms with E-state index in [2.05, 4.69) is 9.80 Å². The van der Waals surface area contributed by atoms with Crippen LogP contribution in [0.1, 0.15) is 25.7 Å². The van der Waals surface area contributed by atoms with Crippen LogP contribution in [0.5, 0.6) is 0 Å². The number of hydrogen-bond acceptors (Lipinski definition) is 3. The molecule has 2 aliphatic carbocycles. The second-order valence-corrected chi connectivity index (χ2v) is 6.63. The third-order valence-electron chi connectivity index (χ3n) is 5.15. The SMILES string of the molecule is Cl.O=C(N1CCOC[C@@H]1C1CC1)N1CCOC[C@@H]1C1CC1. The first-order valence-corrected chi connectivity index (χ1v) is 8.07. The van der Waals surface area contributed by atoms with Crippen LogP contribution in [-0.4, -0.2) is 67.4 Å². The molecule has 4 aliphatic rings. The van der Waals surface area contributed by atoms with Crippen LogP contribution < -0.4 is 0 Å². The summed E-state index contributed by atoms with van der Waals surface area (Å²) in [4.78, 5) is 17.2. The summed E-state index contributed by atoms with van der Waals surface area (Å²) in [5.41, 5.74) is 0.